The molecule has 0 fully saturated rings. The van der Waals surface area contributed by atoms with E-state index in [-0.39, 0.29) is 5.91 Å². The number of carbonyl (C=O) groups excluding carboxylic acids is 1. The molecule has 0 aliphatic rings. The molecule has 4 rings (SSSR count). The number of benzene rings is 2. The van der Waals surface area contributed by atoms with E-state index in [0.717, 1.165) is 32.5 Å². The third-order valence-electron chi connectivity index (χ3n) is 5.28. The van der Waals surface area contributed by atoms with E-state index in [0.29, 0.717) is 23.8 Å². The van der Waals surface area contributed by atoms with Gasteiger partial charge in [0.15, 0.2) is 5.82 Å². The van der Waals surface area contributed by atoms with Gasteiger partial charge in [-0.15, -0.1) is 11.3 Å². The number of anilines is 1. The molecule has 0 spiro atoms. The molecule has 0 saturated heterocycles. The third-order valence-corrected chi connectivity index (χ3v) is 6.84. The van der Waals surface area contributed by atoms with Crippen molar-refractivity contribution in [3.8, 4) is 5.75 Å². The predicted molar refractivity (Wildman–Crippen MR) is 137 cm³/mol. The molecule has 0 bridgehead atoms. The SMILES string of the molecule is Cc1ccc(Cn2cc(Br)c(NC(=O)c3cc(COc4c(C)cc(C)cc4C)cs3)n2)cc1. The summed E-state index contributed by atoms with van der Waals surface area (Å²) in [5, 5.41) is 9.38. The molecule has 0 aliphatic heterocycles. The lowest BCUT2D eigenvalue weighted by Gasteiger charge is -2.12. The maximum absolute atomic E-state index is 12.8. The average Bonchev–Trinajstić information content (AvgIpc) is 3.36. The molecular weight excluding hydrogens is 498 g/mol. The van der Waals surface area contributed by atoms with Crippen molar-refractivity contribution in [1.29, 1.82) is 0 Å². The van der Waals surface area contributed by atoms with Crippen LogP contribution in [0.15, 0.2) is 58.5 Å². The summed E-state index contributed by atoms with van der Waals surface area (Å²) in [5.41, 5.74) is 6.79. The standard InChI is InChI=1S/C26H26BrN3O2S/c1-16-5-7-20(8-6-16)12-30-13-22(27)25(29-30)28-26(31)23-11-21(15-33-23)14-32-24-18(3)9-17(2)10-19(24)4/h5-11,13,15H,12,14H2,1-4H3,(H,28,29,31). The van der Waals surface area contributed by atoms with E-state index in [4.69, 9.17) is 4.74 Å². The van der Waals surface area contributed by atoms with Gasteiger partial charge in [0.2, 0.25) is 0 Å². The molecule has 33 heavy (non-hydrogen) atoms. The molecular formula is C26H26BrN3O2S. The Morgan fingerprint density at radius 3 is 2.42 bits per heavy atom. The number of carbonyl (C=O) groups is 1. The molecule has 0 atom stereocenters. The molecule has 1 N–H and O–H groups in total. The molecule has 2 heterocycles. The van der Waals surface area contributed by atoms with Gasteiger partial charge in [-0.05, 0) is 71.8 Å². The number of ether oxygens (including phenoxy) is 1. The number of nitrogens with one attached hydrogen (secondary N) is 1. The second-order valence-corrected chi connectivity index (χ2v) is 10.1. The zero-order chi connectivity index (χ0) is 23.5. The van der Waals surface area contributed by atoms with Crippen molar-refractivity contribution in [2.24, 2.45) is 0 Å². The van der Waals surface area contributed by atoms with Crippen molar-refractivity contribution >= 4 is 39.0 Å². The fourth-order valence-corrected chi connectivity index (χ4v) is 4.94. The number of nitrogens with zero attached hydrogens (tertiary/aromatic N) is 2. The van der Waals surface area contributed by atoms with Crippen LogP contribution in [0, 0.1) is 27.7 Å². The highest BCUT2D eigenvalue weighted by Gasteiger charge is 2.15. The van der Waals surface area contributed by atoms with Crippen LogP contribution in [0.3, 0.4) is 0 Å². The summed E-state index contributed by atoms with van der Waals surface area (Å²) in [6.07, 6.45) is 1.87. The Hall–Kier alpha value is -2.90. The minimum absolute atomic E-state index is 0.185. The van der Waals surface area contributed by atoms with E-state index in [1.54, 1.807) is 0 Å². The highest BCUT2D eigenvalue weighted by atomic mass is 79.9. The van der Waals surface area contributed by atoms with E-state index < -0.39 is 0 Å². The predicted octanol–water partition coefficient (Wildman–Crippen LogP) is 6.82. The molecule has 0 saturated carbocycles. The topological polar surface area (TPSA) is 56.2 Å². The first-order valence-corrected chi connectivity index (χ1v) is 12.3. The number of halogens is 1. The third kappa shape index (κ3) is 5.72. The highest BCUT2D eigenvalue weighted by Crippen LogP contribution is 2.27. The van der Waals surface area contributed by atoms with E-state index in [9.17, 15) is 4.79 Å². The summed E-state index contributed by atoms with van der Waals surface area (Å²) in [5.74, 6) is 1.22. The van der Waals surface area contributed by atoms with Crippen molar-refractivity contribution in [2.75, 3.05) is 5.32 Å². The summed E-state index contributed by atoms with van der Waals surface area (Å²) in [6.45, 7) is 9.30. The number of hydrogen-bond donors (Lipinski definition) is 1. The van der Waals surface area contributed by atoms with Gasteiger partial charge in [0.25, 0.3) is 5.91 Å². The lowest BCUT2D eigenvalue weighted by Crippen LogP contribution is -2.12. The van der Waals surface area contributed by atoms with Gasteiger partial charge >= 0.3 is 0 Å². The van der Waals surface area contributed by atoms with E-state index in [1.165, 1.54) is 22.5 Å². The van der Waals surface area contributed by atoms with Crippen molar-refractivity contribution < 1.29 is 9.53 Å². The number of rotatable bonds is 7. The van der Waals surface area contributed by atoms with E-state index in [1.807, 2.05) is 22.3 Å². The quantitative estimate of drug-likeness (QED) is 0.289. The number of aromatic nitrogens is 2. The Morgan fingerprint density at radius 2 is 1.73 bits per heavy atom. The summed E-state index contributed by atoms with van der Waals surface area (Å²) in [6, 6.07) is 14.4. The number of aryl methyl sites for hydroxylation is 4. The minimum atomic E-state index is -0.185. The minimum Gasteiger partial charge on any atom is -0.488 e. The first kappa shape index (κ1) is 23.3. The molecule has 7 heteroatoms. The van der Waals surface area contributed by atoms with Crippen LogP contribution in [0.4, 0.5) is 5.82 Å². The van der Waals surface area contributed by atoms with Gasteiger partial charge < -0.3 is 10.1 Å². The molecule has 0 aliphatic carbocycles. The number of amides is 1. The molecule has 5 nitrogen and oxygen atoms in total. The van der Waals surface area contributed by atoms with Gasteiger partial charge in [0, 0.05) is 11.8 Å². The van der Waals surface area contributed by atoms with Crippen LogP contribution >= 0.6 is 27.3 Å². The van der Waals surface area contributed by atoms with Gasteiger partial charge in [0.1, 0.15) is 12.4 Å². The second kappa shape index (κ2) is 9.93. The van der Waals surface area contributed by atoms with Gasteiger partial charge in [-0.3, -0.25) is 9.48 Å². The molecule has 4 aromatic rings. The summed E-state index contributed by atoms with van der Waals surface area (Å²) < 4.78 is 8.61. The molecule has 2 aromatic heterocycles. The smallest absolute Gasteiger partial charge is 0.266 e. The van der Waals surface area contributed by atoms with Crippen molar-refractivity contribution in [3.63, 3.8) is 0 Å². The summed E-state index contributed by atoms with van der Waals surface area (Å²) in [7, 11) is 0. The lowest BCUT2D eigenvalue weighted by atomic mass is 10.1. The van der Waals surface area contributed by atoms with Crippen LogP contribution < -0.4 is 10.1 Å². The Balaban J connectivity index is 1.39. The van der Waals surface area contributed by atoms with Crippen LogP contribution in [0.5, 0.6) is 5.75 Å². The Kier molecular flexibility index (Phi) is 7.00. The zero-order valence-electron chi connectivity index (χ0n) is 19.1. The van der Waals surface area contributed by atoms with Crippen LogP contribution in [0.2, 0.25) is 0 Å². The average molecular weight is 524 g/mol. The molecule has 2 aromatic carbocycles. The molecule has 0 unspecified atom stereocenters. The van der Waals surface area contributed by atoms with E-state index in [2.05, 4.69) is 90.4 Å². The van der Waals surface area contributed by atoms with E-state index >= 15 is 0 Å². The molecule has 0 radical (unpaired) electrons. The molecule has 1 amide bonds. The van der Waals surface area contributed by atoms with Crippen LogP contribution in [-0.2, 0) is 13.2 Å². The fraction of sp³-hybridized carbons (Fsp3) is 0.231. The molecule has 170 valence electrons. The van der Waals surface area contributed by atoms with Crippen molar-refractivity contribution in [2.45, 2.75) is 40.8 Å². The number of hydrogen-bond acceptors (Lipinski definition) is 4. The zero-order valence-corrected chi connectivity index (χ0v) is 21.5. The van der Waals surface area contributed by atoms with Crippen molar-refractivity contribution in [3.05, 3.63) is 96.8 Å². The maximum atomic E-state index is 12.8. The highest BCUT2D eigenvalue weighted by molar-refractivity contribution is 9.10. The first-order chi connectivity index (χ1) is 15.8. The Labute approximate surface area is 206 Å². The normalized spacial score (nSPS) is 10.9. The van der Waals surface area contributed by atoms with Crippen LogP contribution in [-0.4, -0.2) is 15.7 Å². The van der Waals surface area contributed by atoms with Gasteiger partial charge in [-0.1, -0.05) is 47.5 Å². The van der Waals surface area contributed by atoms with Crippen molar-refractivity contribution in [1.82, 2.24) is 9.78 Å². The fourth-order valence-electron chi connectivity index (χ4n) is 3.73. The number of thiophene rings is 1. The first-order valence-electron chi connectivity index (χ1n) is 10.7. The van der Waals surface area contributed by atoms with Gasteiger partial charge in [-0.25, -0.2) is 0 Å². The Morgan fingerprint density at radius 1 is 1.03 bits per heavy atom. The Bertz CT molecular complexity index is 1270. The maximum Gasteiger partial charge on any atom is 0.266 e. The summed E-state index contributed by atoms with van der Waals surface area (Å²) >= 11 is 4.90. The monoisotopic (exact) mass is 523 g/mol. The van der Waals surface area contributed by atoms with Gasteiger partial charge in [-0.2, -0.15) is 5.10 Å². The lowest BCUT2D eigenvalue weighted by molar-refractivity contribution is 0.103. The largest absolute Gasteiger partial charge is 0.488 e. The summed E-state index contributed by atoms with van der Waals surface area (Å²) in [4.78, 5) is 13.4. The second-order valence-electron chi connectivity index (χ2n) is 8.30. The van der Waals surface area contributed by atoms with Gasteiger partial charge in [0.05, 0.1) is 15.9 Å². The van der Waals surface area contributed by atoms with Crippen LogP contribution in [0.1, 0.15) is 43.1 Å². The van der Waals surface area contributed by atoms with Crippen LogP contribution in [0.25, 0.3) is 0 Å².